The molecule has 0 unspecified atom stereocenters. The summed E-state index contributed by atoms with van der Waals surface area (Å²) in [5.41, 5.74) is 0.371. The minimum Gasteiger partial charge on any atom is -0.480 e. The third-order valence-electron chi connectivity index (χ3n) is 3.67. The Morgan fingerprint density at radius 3 is 2.77 bits per heavy atom. The standard InChI is InChI=1S/C14H14N2O5S/c17-14(18)11-5-3-9-16(11)22(19,20)13-6-2-1-4-10(13)12-7-8-15-21-12/h1-2,4,6-8,11H,3,5,9H2,(H,17,18)/t11-/m0/s1. The Hall–Kier alpha value is -2.19. The second-order valence-electron chi connectivity index (χ2n) is 4.98. The van der Waals surface area contributed by atoms with Crippen molar-refractivity contribution in [3.63, 3.8) is 0 Å². The van der Waals surface area contributed by atoms with Crippen LogP contribution in [0.3, 0.4) is 0 Å². The molecule has 1 atom stereocenters. The normalized spacial score (nSPS) is 19.4. The predicted octanol–water partition coefficient (Wildman–Crippen LogP) is 1.58. The van der Waals surface area contributed by atoms with Crippen LogP contribution >= 0.6 is 0 Å². The molecule has 0 radical (unpaired) electrons. The highest BCUT2D eigenvalue weighted by Crippen LogP contribution is 2.32. The molecule has 0 bridgehead atoms. The number of rotatable bonds is 4. The van der Waals surface area contributed by atoms with Gasteiger partial charge in [0.1, 0.15) is 6.04 Å². The van der Waals surface area contributed by atoms with Crippen molar-refractivity contribution in [2.75, 3.05) is 6.54 Å². The lowest BCUT2D eigenvalue weighted by atomic mass is 10.2. The summed E-state index contributed by atoms with van der Waals surface area (Å²) in [5, 5.41) is 12.8. The van der Waals surface area contributed by atoms with Gasteiger partial charge in [0, 0.05) is 18.2 Å². The molecule has 1 aromatic heterocycles. The van der Waals surface area contributed by atoms with Crippen molar-refractivity contribution in [2.45, 2.75) is 23.8 Å². The molecule has 116 valence electrons. The van der Waals surface area contributed by atoms with Gasteiger partial charge < -0.3 is 9.63 Å². The van der Waals surface area contributed by atoms with Crippen molar-refractivity contribution >= 4 is 16.0 Å². The fraction of sp³-hybridized carbons (Fsp3) is 0.286. The fourth-order valence-electron chi connectivity index (χ4n) is 2.65. The van der Waals surface area contributed by atoms with Crippen LogP contribution in [0.2, 0.25) is 0 Å². The number of nitrogens with zero attached hydrogens (tertiary/aromatic N) is 2. The van der Waals surface area contributed by atoms with Crippen LogP contribution in [0, 0.1) is 0 Å². The topological polar surface area (TPSA) is 101 Å². The molecule has 0 spiro atoms. The Balaban J connectivity index is 2.09. The molecule has 1 N–H and O–H groups in total. The molecule has 0 amide bonds. The number of carboxylic acids is 1. The van der Waals surface area contributed by atoms with Gasteiger partial charge in [0.25, 0.3) is 0 Å². The van der Waals surface area contributed by atoms with Gasteiger partial charge in [-0.05, 0) is 25.0 Å². The first kappa shape index (κ1) is 14.7. The summed E-state index contributed by atoms with van der Waals surface area (Å²) in [4.78, 5) is 11.3. The van der Waals surface area contributed by atoms with Gasteiger partial charge in [0.15, 0.2) is 5.76 Å². The Morgan fingerprint density at radius 1 is 1.32 bits per heavy atom. The zero-order valence-corrected chi connectivity index (χ0v) is 12.4. The van der Waals surface area contributed by atoms with E-state index in [-0.39, 0.29) is 11.4 Å². The maximum absolute atomic E-state index is 12.9. The summed E-state index contributed by atoms with van der Waals surface area (Å²) < 4.78 is 31.8. The van der Waals surface area contributed by atoms with Crippen molar-refractivity contribution in [2.24, 2.45) is 0 Å². The van der Waals surface area contributed by atoms with Gasteiger partial charge in [0.2, 0.25) is 10.0 Å². The SMILES string of the molecule is O=C(O)[C@@H]1CCCN1S(=O)(=O)c1ccccc1-c1ccno1. The summed E-state index contributed by atoms with van der Waals surface area (Å²) in [7, 11) is -3.92. The van der Waals surface area contributed by atoms with E-state index < -0.39 is 22.0 Å². The van der Waals surface area contributed by atoms with Gasteiger partial charge in [-0.25, -0.2) is 8.42 Å². The van der Waals surface area contributed by atoms with Crippen LogP contribution < -0.4 is 0 Å². The minimum absolute atomic E-state index is 0.0277. The zero-order chi connectivity index (χ0) is 15.7. The van der Waals surface area contributed by atoms with Crippen LogP contribution in [0.1, 0.15) is 12.8 Å². The molecule has 2 aromatic rings. The predicted molar refractivity (Wildman–Crippen MR) is 76.5 cm³/mol. The lowest BCUT2D eigenvalue weighted by Gasteiger charge is -2.22. The Morgan fingerprint density at radius 2 is 2.09 bits per heavy atom. The van der Waals surface area contributed by atoms with E-state index in [1.807, 2.05) is 0 Å². The van der Waals surface area contributed by atoms with E-state index >= 15 is 0 Å². The van der Waals surface area contributed by atoms with Crippen LogP contribution in [0.25, 0.3) is 11.3 Å². The quantitative estimate of drug-likeness (QED) is 0.917. The van der Waals surface area contributed by atoms with Crippen molar-refractivity contribution < 1.29 is 22.8 Å². The van der Waals surface area contributed by atoms with Gasteiger partial charge >= 0.3 is 5.97 Å². The number of aliphatic carboxylic acids is 1. The summed E-state index contributed by atoms with van der Waals surface area (Å²) in [5.74, 6) is -0.802. The monoisotopic (exact) mass is 322 g/mol. The fourth-order valence-corrected chi connectivity index (χ4v) is 4.50. The molecule has 3 rings (SSSR count). The van der Waals surface area contributed by atoms with Gasteiger partial charge in [-0.3, -0.25) is 4.79 Å². The molecule has 0 saturated carbocycles. The summed E-state index contributed by atoms with van der Waals surface area (Å²) in [6.45, 7) is 0.198. The second kappa shape index (κ2) is 5.54. The summed E-state index contributed by atoms with van der Waals surface area (Å²) >= 11 is 0. The molecule has 1 fully saturated rings. The van der Waals surface area contributed by atoms with Crippen molar-refractivity contribution in [3.05, 3.63) is 36.5 Å². The average Bonchev–Trinajstić information content (AvgIpc) is 3.18. The summed E-state index contributed by atoms with van der Waals surface area (Å²) in [6, 6.07) is 6.89. The molecule has 1 aliphatic heterocycles. The number of hydrogen-bond donors (Lipinski definition) is 1. The molecule has 1 aliphatic rings. The zero-order valence-electron chi connectivity index (χ0n) is 11.5. The summed E-state index contributed by atoms with van der Waals surface area (Å²) in [6.07, 6.45) is 2.27. The maximum Gasteiger partial charge on any atom is 0.322 e. The van der Waals surface area contributed by atoms with Gasteiger partial charge in [-0.1, -0.05) is 17.3 Å². The van der Waals surface area contributed by atoms with Gasteiger partial charge in [-0.15, -0.1) is 0 Å². The van der Waals surface area contributed by atoms with E-state index in [1.54, 1.807) is 24.3 Å². The van der Waals surface area contributed by atoms with E-state index in [0.29, 0.717) is 24.2 Å². The lowest BCUT2D eigenvalue weighted by Crippen LogP contribution is -2.40. The van der Waals surface area contributed by atoms with Crippen LogP contribution in [0.4, 0.5) is 0 Å². The number of sulfonamides is 1. The van der Waals surface area contributed by atoms with E-state index in [2.05, 4.69) is 5.16 Å². The van der Waals surface area contributed by atoms with Crippen molar-refractivity contribution in [3.8, 4) is 11.3 Å². The van der Waals surface area contributed by atoms with Crippen LogP contribution in [0.5, 0.6) is 0 Å². The lowest BCUT2D eigenvalue weighted by molar-refractivity contribution is -0.140. The van der Waals surface area contributed by atoms with Crippen LogP contribution in [-0.2, 0) is 14.8 Å². The van der Waals surface area contributed by atoms with E-state index in [9.17, 15) is 18.3 Å². The van der Waals surface area contributed by atoms with Crippen LogP contribution in [0.15, 0.2) is 45.9 Å². The number of benzene rings is 1. The number of aromatic nitrogens is 1. The first-order chi connectivity index (χ1) is 10.5. The molecule has 0 aliphatic carbocycles. The highest BCUT2D eigenvalue weighted by Gasteiger charge is 2.40. The Kier molecular flexibility index (Phi) is 3.71. The number of carboxylic acid groups (broad SMARTS) is 1. The average molecular weight is 322 g/mol. The third kappa shape index (κ3) is 2.40. The molecule has 7 nitrogen and oxygen atoms in total. The van der Waals surface area contributed by atoms with Gasteiger partial charge in [0.05, 0.1) is 11.1 Å². The highest BCUT2D eigenvalue weighted by molar-refractivity contribution is 7.89. The van der Waals surface area contributed by atoms with Crippen molar-refractivity contribution in [1.29, 1.82) is 0 Å². The van der Waals surface area contributed by atoms with Crippen LogP contribution in [-0.4, -0.2) is 41.5 Å². The Labute approximate surface area is 127 Å². The minimum atomic E-state index is -3.92. The second-order valence-corrected chi connectivity index (χ2v) is 6.84. The van der Waals surface area contributed by atoms with Gasteiger partial charge in [-0.2, -0.15) is 4.31 Å². The largest absolute Gasteiger partial charge is 0.480 e. The molecule has 1 saturated heterocycles. The van der Waals surface area contributed by atoms with E-state index in [0.717, 1.165) is 4.31 Å². The van der Waals surface area contributed by atoms with E-state index in [4.69, 9.17) is 4.52 Å². The first-order valence-electron chi connectivity index (χ1n) is 6.76. The molecule has 8 heteroatoms. The molecule has 1 aromatic carbocycles. The maximum atomic E-state index is 12.9. The molecule has 22 heavy (non-hydrogen) atoms. The highest BCUT2D eigenvalue weighted by atomic mass is 32.2. The van der Waals surface area contributed by atoms with E-state index in [1.165, 1.54) is 12.3 Å². The molecule has 2 heterocycles. The smallest absolute Gasteiger partial charge is 0.322 e. The molecular weight excluding hydrogens is 308 g/mol. The Bertz CT molecular complexity index is 785. The van der Waals surface area contributed by atoms with Crippen molar-refractivity contribution in [1.82, 2.24) is 9.46 Å². The number of carbonyl (C=O) groups is 1. The third-order valence-corrected chi connectivity index (χ3v) is 5.63. The molecular formula is C14H14N2O5S. The number of hydrogen-bond acceptors (Lipinski definition) is 5. The first-order valence-corrected chi connectivity index (χ1v) is 8.20.